The van der Waals surface area contributed by atoms with E-state index in [1.165, 1.54) is 34.5 Å². The second kappa shape index (κ2) is 10.7. The monoisotopic (exact) mass is 565 g/mol. The SMILES string of the molecule is CCNc1ccc(C#N)cc1/N=C1\S/C(=C2\Sc3ccccc3N2C)C(=O)N1Cc1cccc(C(F)(F)F)c1. The molecule has 1 amide bonds. The predicted molar refractivity (Wildman–Crippen MR) is 150 cm³/mol. The average Bonchev–Trinajstić information content (AvgIpc) is 3.41. The maximum absolute atomic E-state index is 13.8. The van der Waals surface area contributed by atoms with Crippen LogP contribution in [0, 0.1) is 11.3 Å². The van der Waals surface area contributed by atoms with Crippen LogP contribution in [-0.2, 0) is 17.5 Å². The number of halogens is 3. The molecule has 1 fully saturated rings. The summed E-state index contributed by atoms with van der Waals surface area (Å²) in [6.45, 7) is 2.44. The van der Waals surface area contributed by atoms with Crippen molar-refractivity contribution in [1.82, 2.24) is 4.90 Å². The van der Waals surface area contributed by atoms with Crippen molar-refractivity contribution in [3.63, 3.8) is 0 Å². The molecule has 0 aromatic heterocycles. The number of para-hydroxylation sites is 1. The zero-order valence-corrected chi connectivity index (χ0v) is 22.5. The summed E-state index contributed by atoms with van der Waals surface area (Å²) in [5, 5.41) is 13.7. The first-order valence-electron chi connectivity index (χ1n) is 12.0. The Kier molecular flexibility index (Phi) is 7.34. The summed E-state index contributed by atoms with van der Waals surface area (Å²) in [4.78, 5) is 23.4. The highest BCUT2D eigenvalue weighted by atomic mass is 32.2. The Hall–Kier alpha value is -3.88. The molecule has 2 heterocycles. The number of hydrogen-bond acceptors (Lipinski definition) is 7. The Morgan fingerprint density at radius 2 is 1.85 bits per heavy atom. The molecule has 11 heteroatoms. The van der Waals surface area contributed by atoms with Crippen LogP contribution in [0.15, 0.2) is 86.6 Å². The number of benzene rings is 3. The molecule has 3 aromatic carbocycles. The van der Waals surface area contributed by atoms with E-state index in [2.05, 4.69) is 11.4 Å². The quantitative estimate of drug-likeness (QED) is 0.331. The number of amidine groups is 1. The predicted octanol–water partition coefficient (Wildman–Crippen LogP) is 7.18. The summed E-state index contributed by atoms with van der Waals surface area (Å²) in [6, 6.07) is 19.9. The summed E-state index contributed by atoms with van der Waals surface area (Å²) in [7, 11) is 1.88. The van der Waals surface area contributed by atoms with Gasteiger partial charge in [-0.3, -0.25) is 9.69 Å². The Bertz CT molecular complexity index is 1560. The van der Waals surface area contributed by atoms with Gasteiger partial charge < -0.3 is 10.2 Å². The number of aliphatic imine (C=N–C) groups is 1. The van der Waals surface area contributed by atoms with Gasteiger partial charge in [-0.25, -0.2) is 4.99 Å². The number of nitrogens with zero attached hydrogens (tertiary/aromatic N) is 4. The summed E-state index contributed by atoms with van der Waals surface area (Å²) in [6.07, 6.45) is -4.50. The van der Waals surface area contributed by atoms with Crippen molar-refractivity contribution in [2.24, 2.45) is 4.99 Å². The van der Waals surface area contributed by atoms with Gasteiger partial charge in [-0.2, -0.15) is 18.4 Å². The minimum Gasteiger partial charge on any atom is -0.384 e. The minimum atomic E-state index is -4.50. The van der Waals surface area contributed by atoms with Crippen LogP contribution in [-0.4, -0.2) is 29.6 Å². The number of anilines is 2. The summed E-state index contributed by atoms with van der Waals surface area (Å²) < 4.78 is 40.2. The zero-order chi connectivity index (χ0) is 27.7. The lowest BCUT2D eigenvalue weighted by Crippen LogP contribution is -2.29. The first kappa shape index (κ1) is 26.7. The van der Waals surface area contributed by atoms with Gasteiger partial charge in [-0.1, -0.05) is 36.0 Å². The van der Waals surface area contributed by atoms with E-state index in [0.29, 0.717) is 39.1 Å². The standard InChI is InChI=1S/C28H22F3N5OS2/c1-3-33-20-12-11-17(15-32)14-21(20)34-27-36(16-18-7-6-8-19(13-18)28(29,30)31)25(37)24(39-27)26-35(2)22-9-4-5-10-23(22)38-26/h4-14,33H,3,16H2,1-2H3/b26-24-,34-27-. The number of rotatable bonds is 5. The van der Waals surface area contributed by atoms with Crippen molar-refractivity contribution in [3.8, 4) is 6.07 Å². The molecule has 0 bridgehead atoms. The third-order valence-electron chi connectivity index (χ3n) is 6.10. The van der Waals surface area contributed by atoms with Crippen LogP contribution in [0.1, 0.15) is 23.6 Å². The van der Waals surface area contributed by atoms with Gasteiger partial charge in [-0.15, -0.1) is 0 Å². The van der Waals surface area contributed by atoms with Crippen LogP contribution >= 0.6 is 23.5 Å². The number of amides is 1. The molecule has 0 aliphatic carbocycles. The number of fused-ring (bicyclic) bond motifs is 1. The first-order chi connectivity index (χ1) is 18.7. The summed E-state index contributed by atoms with van der Waals surface area (Å²) >= 11 is 2.64. The number of thioether (sulfide) groups is 2. The fourth-order valence-electron chi connectivity index (χ4n) is 4.22. The zero-order valence-electron chi connectivity index (χ0n) is 20.9. The molecule has 0 atom stereocenters. The van der Waals surface area contributed by atoms with Crippen molar-refractivity contribution in [2.75, 3.05) is 23.8 Å². The fourth-order valence-corrected chi connectivity index (χ4v) is 6.56. The van der Waals surface area contributed by atoms with Gasteiger partial charge in [0.25, 0.3) is 5.91 Å². The van der Waals surface area contributed by atoms with Crippen LogP contribution in [0.5, 0.6) is 0 Å². The second-order valence-electron chi connectivity index (χ2n) is 8.72. The van der Waals surface area contributed by atoms with Crippen LogP contribution < -0.4 is 10.2 Å². The summed E-state index contributed by atoms with van der Waals surface area (Å²) in [5.41, 5.74) is 2.04. The van der Waals surface area contributed by atoms with Gasteiger partial charge in [-0.05, 0) is 66.7 Å². The molecule has 0 saturated carbocycles. The van der Waals surface area contributed by atoms with Gasteiger partial charge in [0, 0.05) is 18.5 Å². The summed E-state index contributed by atoms with van der Waals surface area (Å²) in [5.74, 6) is -0.347. The number of carbonyl (C=O) groups excluding carboxylic acids is 1. The third-order valence-corrected chi connectivity index (χ3v) is 8.53. The second-order valence-corrected chi connectivity index (χ2v) is 10.7. The molecule has 5 rings (SSSR count). The normalized spacial score (nSPS) is 18.1. The molecule has 1 saturated heterocycles. The van der Waals surface area contributed by atoms with Crippen molar-refractivity contribution in [3.05, 3.63) is 93.4 Å². The van der Waals surface area contributed by atoms with E-state index in [9.17, 15) is 23.2 Å². The van der Waals surface area contributed by atoms with Gasteiger partial charge in [0.05, 0.1) is 45.8 Å². The Labute approximate surface area is 232 Å². The van der Waals surface area contributed by atoms with E-state index in [0.717, 1.165) is 27.7 Å². The van der Waals surface area contributed by atoms with E-state index in [1.807, 2.05) is 43.1 Å². The van der Waals surface area contributed by atoms with E-state index >= 15 is 0 Å². The topological polar surface area (TPSA) is 71.7 Å². The minimum absolute atomic E-state index is 0.0961. The Balaban J connectivity index is 1.60. The number of alkyl halides is 3. The average molecular weight is 566 g/mol. The van der Waals surface area contributed by atoms with Crippen molar-refractivity contribution in [1.29, 1.82) is 5.26 Å². The van der Waals surface area contributed by atoms with E-state index < -0.39 is 11.7 Å². The van der Waals surface area contributed by atoms with Crippen LogP contribution in [0.25, 0.3) is 0 Å². The molecule has 198 valence electrons. The molecular formula is C28H22F3N5OS2. The Morgan fingerprint density at radius 1 is 1.05 bits per heavy atom. The van der Waals surface area contributed by atoms with E-state index in [4.69, 9.17) is 4.99 Å². The number of carbonyl (C=O) groups is 1. The third kappa shape index (κ3) is 5.35. The molecule has 39 heavy (non-hydrogen) atoms. The molecule has 0 radical (unpaired) electrons. The molecule has 0 spiro atoms. The van der Waals surface area contributed by atoms with Gasteiger partial charge in [0.1, 0.15) is 4.91 Å². The Morgan fingerprint density at radius 3 is 2.56 bits per heavy atom. The number of nitrogens with one attached hydrogen (secondary N) is 1. The van der Waals surface area contributed by atoms with E-state index in [1.54, 1.807) is 24.3 Å². The highest BCUT2D eigenvalue weighted by Gasteiger charge is 2.39. The van der Waals surface area contributed by atoms with Crippen molar-refractivity contribution >= 4 is 51.7 Å². The maximum atomic E-state index is 13.8. The lowest BCUT2D eigenvalue weighted by atomic mass is 10.1. The first-order valence-corrected chi connectivity index (χ1v) is 13.6. The smallest absolute Gasteiger partial charge is 0.384 e. The molecule has 2 aliphatic heterocycles. The molecule has 3 aromatic rings. The highest BCUT2D eigenvalue weighted by Crippen LogP contribution is 2.50. The van der Waals surface area contributed by atoms with Crippen LogP contribution in [0.4, 0.5) is 30.2 Å². The maximum Gasteiger partial charge on any atom is 0.416 e. The highest BCUT2D eigenvalue weighted by molar-refractivity contribution is 8.19. The van der Waals surface area contributed by atoms with Gasteiger partial charge in [0.2, 0.25) is 0 Å². The van der Waals surface area contributed by atoms with Crippen molar-refractivity contribution in [2.45, 2.75) is 24.5 Å². The molecule has 6 nitrogen and oxygen atoms in total. The fraction of sp³-hybridized carbons (Fsp3) is 0.179. The van der Waals surface area contributed by atoms with Crippen molar-refractivity contribution < 1.29 is 18.0 Å². The van der Waals surface area contributed by atoms with Crippen LogP contribution in [0.2, 0.25) is 0 Å². The molecule has 0 unspecified atom stereocenters. The van der Waals surface area contributed by atoms with E-state index in [-0.39, 0.29) is 12.5 Å². The molecule has 2 aliphatic rings. The molecule has 1 N–H and O–H groups in total. The van der Waals surface area contributed by atoms with Crippen LogP contribution in [0.3, 0.4) is 0 Å². The molecular weight excluding hydrogens is 543 g/mol. The van der Waals surface area contributed by atoms with Gasteiger partial charge in [0.15, 0.2) is 5.17 Å². The largest absolute Gasteiger partial charge is 0.416 e. The lowest BCUT2D eigenvalue weighted by molar-refractivity contribution is -0.137. The number of hydrogen-bond donors (Lipinski definition) is 1. The lowest BCUT2D eigenvalue weighted by Gasteiger charge is -2.18. The number of nitriles is 1. The van der Waals surface area contributed by atoms with Gasteiger partial charge >= 0.3 is 6.18 Å².